The number of aromatic nitrogens is 2. The van der Waals surface area contributed by atoms with Crippen molar-refractivity contribution in [2.75, 3.05) is 58.3 Å². The van der Waals surface area contributed by atoms with E-state index in [9.17, 15) is 4.79 Å². The fourth-order valence-electron chi connectivity index (χ4n) is 4.18. The first-order valence-electron chi connectivity index (χ1n) is 10.3. The summed E-state index contributed by atoms with van der Waals surface area (Å²) in [6.45, 7) is 9.91. The fourth-order valence-corrected chi connectivity index (χ4v) is 4.18. The molecule has 7 nitrogen and oxygen atoms in total. The number of urea groups is 1. The van der Waals surface area contributed by atoms with E-state index >= 15 is 0 Å². The van der Waals surface area contributed by atoms with Gasteiger partial charge in [-0.1, -0.05) is 13.3 Å². The van der Waals surface area contributed by atoms with Crippen molar-refractivity contribution < 1.29 is 4.79 Å². The maximum Gasteiger partial charge on any atom is 0.319 e. The summed E-state index contributed by atoms with van der Waals surface area (Å²) in [4.78, 5) is 30.0. The Kier molecular flexibility index (Phi) is 6.52. The van der Waals surface area contributed by atoms with Gasteiger partial charge in [-0.25, -0.2) is 14.8 Å². The Bertz CT molecular complexity index is 633. The molecule has 2 aliphatic heterocycles. The zero-order valence-corrected chi connectivity index (χ0v) is 17.3. The van der Waals surface area contributed by atoms with Crippen LogP contribution in [0.5, 0.6) is 0 Å². The van der Waals surface area contributed by atoms with E-state index in [-0.39, 0.29) is 6.03 Å². The van der Waals surface area contributed by atoms with Crippen LogP contribution in [0.2, 0.25) is 0 Å². The molecule has 150 valence electrons. The van der Waals surface area contributed by atoms with Crippen LogP contribution in [0, 0.1) is 6.92 Å². The summed E-state index contributed by atoms with van der Waals surface area (Å²) in [5.74, 6) is 1.96. The molecular formula is C20H34N6O. The van der Waals surface area contributed by atoms with Crippen molar-refractivity contribution in [1.29, 1.82) is 0 Å². The van der Waals surface area contributed by atoms with Crippen molar-refractivity contribution in [1.82, 2.24) is 24.7 Å². The van der Waals surface area contributed by atoms with E-state index in [0.717, 1.165) is 82.3 Å². The van der Waals surface area contributed by atoms with Gasteiger partial charge in [-0.05, 0) is 26.2 Å². The lowest BCUT2D eigenvalue weighted by atomic mass is 10.0. The predicted octanol–water partition coefficient (Wildman–Crippen LogP) is 2.01. The maximum absolute atomic E-state index is 12.1. The Hall–Kier alpha value is -1.89. The summed E-state index contributed by atoms with van der Waals surface area (Å²) in [5.41, 5.74) is 1.16. The molecule has 0 saturated carbocycles. The van der Waals surface area contributed by atoms with Gasteiger partial charge in [0, 0.05) is 71.2 Å². The van der Waals surface area contributed by atoms with Gasteiger partial charge in [0.15, 0.2) is 0 Å². The van der Waals surface area contributed by atoms with Crippen molar-refractivity contribution in [3.05, 3.63) is 17.6 Å². The van der Waals surface area contributed by atoms with Gasteiger partial charge in [0.25, 0.3) is 0 Å². The van der Waals surface area contributed by atoms with Gasteiger partial charge >= 0.3 is 6.03 Å². The van der Waals surface area contributed by atoms with Crippen LogP contribution in [-0.2, 0) is 6.42 Å². The number of hydrogen-bond acceptors (Lipinski definition) is 5. The molecule has 2 amide bonds. The first kappa shape index (κ1) is 19.9. The van der Waals surface area contributed by atoms with Crippen LogP contribution >= 0.6 is 0 Å². The molecular weight excluding hydrogens is 340 g/mol. The lowest BCUT2D eigenvalue weighted by molar-refractivity contribution is 0.0881. The first-order valence-corrected chi connectivity index (χ1v) is 10.3. The van der Waals surface area contributed by atoms with E-state index in [2.05, 4.69) is 32.8 Å². The van der Waals surface area contributed by atoms with Crippen LogP contribution in [0.25, 0.3) is 0 Å². The van der Waals surface area contributed by atoms with Gasteiger partial charge in [-0.3, -0.25) is 4.90 Å². The smallest absolute Gasteiger partial charge is 0.319 e. The SMILES string of the molecule is CCCc1cc(N2CCC(N3CCN(C(=O)N(C)C)CC3)CC2)nc(C)n1. The second kappa shape index (κ2) is 8.87. The van der Waals surface area contributed by atoms with Crippen LogP contribution in [0.1, 0.15) is 37.7 Å². The molecule has 2 saturated heterocycles. The molecule has 0 spiro atoms. The normalized spacial score (nSPS) is 19.4. The summed E-state index contributed by atoms with van der Waals surface area (Å²) in [5, 5.41) is 0. The molecule has 0 bridgehead atoms. The molecule has 0 atom stereocenters. The minimum Gasteiger partial charge on any atom is -0.356 e. The molecule has 0 aliphatic carbocycles. The van der Waals surface area contributed by atoms with Crippen molar-refractivity contribution in [2.24, 2.45) is 0 Å². The predicted molar refractivity (Wildman–Crippen MR) is 108 cm³/mol. The number of rotatable bonds is 4. The van der Waals surface area contributed by atoms with Crippen LogP contribution in [-0.4, -0.2) is 90.1 Å². The van der Waals surface area contributed by atoms with E-state index < -0.39 is 0 Å². The Morgan fingerprint density at radius 1 is 1.11 bits per heavy atom. The van der Waals surface area contributed by atoms with E-state index in [1.54, 1.807) is 4.90 Å². The second-order valence-electron chi connectivity index (χ2n) is 7.93. The number of anilines is 1. The van der Waals surface area contributed by atoms with Crippen molar-refractivity contribution >= 4 is 11.8 Å². The lowest BCUT2D eigenvalue weighted by Crippen LogP contribution is -2.55. The lowest BCUT2D eigenvalue weighted by Gasteiger charge is -2.43. The number of piperidine rings is 1. The zero-order valence-electron chi connectivity index (χ0n) is 17.3. The zero-order chi connectivity index (χ0) is 19.4. The molecule has 1 aromatic heterocycles. The van der Waals surface area contributed by atoms with E-state index in [1.807, 2.05) is 25.9 Å². The summed E-state index contributed by atoms with van der Waals surface area (Å²) >= 11 is 0. The third-order valence-corrected chi connectivity index (χ3v) is 5.66. The van der Waals surface area contributed by atoms with E-state index in [1.165, 1.54) is 0 Å². The van der Waals surface area contributed by atoms with Crippen molar-refractivity contribution in [3.63, 3.8) is 0 Å². The van der Waals surface area contributed by atoms with Crippen LogP contribution in [0.4, 0.5) is 10.6 Å². The highest BCUT2D eigenvalue weighted by Crippen LogP contribution is 2.23. The van der Waals surface area contributed by atoms with Gasteiger partial charge in [-0.2, -0.15) is 0 Å². The van der Waals surface area contributed by atoms with E-state index in [4.69, 9.17) is 0 Å². The Labute approximate surface area is 163 Å². The molecule has 0 aromatic carbocycles. The van der Waals surface area contributed by atoms with Gasteiger partial charge in [0.1, 0.15) is 11.6 Å². The molecule has 0 N–H and O–H groups in total. The minimum atomic E-state index is 0.131. The van der Waals surface area contributed by atoms with Crippen LogP contribution in [0.3, 0.4) is 0 Å². The molecule has 3 rings (SSSR count). The van der Waals surface area contributed by atoms with Gasteiger partial charge < -0.3 is 14.7 Å². The second-order valence-corrected chi connectivity index (χ2v) is 7.93. The number of carbonyl (C=O) groups is 1. The molecule has 1 aromatic rings. The summed E-state index contributed by atoms with van der Waals surface area (Å²) in [7, 11) is 3.65. The third-order valence-electron chi connectivity index (χ3n) is 5.66. The monoisotopic (exact) mass is 374 g/mol. The summed E-state index contributed by atoms with van der Waals surface area (Å²) in [6, 6.07) is 2.92. The Morgan fingerprint density at radius 3 is 2.37 bits per heavy atom. The summed E-state index contributed by atoms with van der Waals surface area (Å²) < 4.78 is 0. The van der Waals surface area contributed by atoms with Crippen LogP contribution < -0.4 is 4.90 Å². The molecule has 2 aliphatic rings. The highest BCUT2D eigenvalue weighted by molar-refractivity contribution is 5.73. The van der Waals surface area contributed by atoms with Crippen molar-refractivity contribution in [2.45, 2.75) is 45.6 Å². The molecule has 0 unspecified atom stereocenters. The quantitative estimate of drug-likeness (QED) is 0.807. The summed E-state index contributed by atoms with van der Waals surface area (Å²) in [6.07, 6.45) is 4.45. The Balaban J connectivity index is 1.52. The molecule has 3 heterocycles. The minimum absolute atomic E-state index is 0.131. The van der Waals surface area contributed by atoms with Gasteiger partial charge in [0.2, 0.25) is 0 Å². The average Bonchev–Trinajstić information content (AvgIpc) is 2.67. The number of nitrogens with zero attached hydrogens (tertiary/aromatic N) is 6. The molecule has 2 fully saturated rings. The number of amides is 2. The molecule has 7 heteroatoms. The van der Waals surface area contributed by atoms with Crippen LogP contribution in [0.15, 0.2) is 6.07 Å². The third kappa shape index (κ3) is 4.89. The number of aryl methyl sites for hydroxylation is 2. The fraction of sp³-hybridized carbons (Fsp3) is 0.750. The standard InChI is InChI=1S/C20H34N6O/c1-5-6-17-15-19(22-16(2)21-17)25-9-7-18(8-10-25)24-11-13-26(14-12-24)20(27)23(3)4/h15,18H,5-14H2,1-4H3. The molecule has 27 heavy (non-hydrogen) atoms. The first-order chi connectivity index (χ1) is 13.0. The number of carbonyl (C=O) groups excluding carboxylic acids is 1. The largest absolute Gasteiger partial charge is 0.356 e. The van der Waals surface area contributed by atoms with Gasteiger partial charge in [-0.15, -0.1) is 0 Å². The highest BCUT2D eigenvalue weighted by atomic mass is 16.2. The van der Waals surface area contributed by atoms with Gasteiger partial charge in [0.05, 0.1) is 0 Å². The highest BCUT2D eigenvalue weighted by Gasteiger charge is 2.29. The number of piperazine rings is 1. The topological polar surface area (TPSA) is 55.8 Å². The Morgan fingerprint density at radius 2 is 1.78 bits per heavy atom. The maximum atomic E-state index is 12.1. The molecule has 0 radical (unpaired) electrons. The van der Waals surface area contributed by atoms with E-state index in [0.29, 0.717) is 6.04 Å². The number of hydrogen-bond donors (Lipinski definition) is 0. The van der Waals surface area contributed by atoms with Crippen molar-refractivity contribution in [3.8, 4) is 0 Å². The average molecular weight is 375 g/mol.